The highest BCUT2D eigenvalue weighted by Gasteiger charge is 2.41. The summed E-state index contributed by atoms with van der Waals surface area (Å²) in [6, 6.07) is 20.2. The first kappa shape index (κ1) is 61.6. The number of unbranched alkanes of at least 4 members (excludes halogenated alkanes) is 2. The molecule has 0 bridgehead atoms. The third kappa shape index (κ3) is 27.8. The smallest absolute Gasteiger partial charge is 0.306 e. The molecule has 0 unspecified atom stereocenters. The minimum atomic E-state index is -0.784. The van der Waals surface area contributed by atoms with E-state index in [1.54, 1.807) is 0 Å². The number of rotatable bonds is 25. The lowest BCUT2D eigenvalue weighted by Gasteiger charge is -2.23. The number of carbonyl (C=O) groups excluding carboxylic acids is 1. The molecule has 10 heteroatoms. The molecule has 2 aromatic rings. The standard InChI is InChI=1S/C26H40O5.C23H34O5.C4H10.2CH4/c1-19(2)31-26(30)13-9-4-3-8-12-22-23(25(29)18-24(22)28)17-16-21(27)15-14-20-10-6-5-7-11-20;24-18(13-12-17-8-4-3-5-9-17)14-15-20-19(21(25)16-22(20)26)10-6-1-2-7-11-23(27)28;1-4(2)3;;/h3,5-8,10-11,19,21-25,27-29H,4,9,12-18H2,1-2H3;1,3-6,8-9,18-22,24-26H,2,7,10-16H2,(H,27,28);4H,1-3H3;2*1H4/b8-3-;6-1-;;;/t21-,22+,23+,24-,25+;18-,19+,20+,21-,22+;;;/m00.../s1. The summed E-state index contributed by atoms with van der Waals surface area (Å²) in [6.45, 7) is 10.2. The highest BCUT2D eigenvalue weighted by Crippen LogP contribution is 2.40. The van der Waals surface area contributed by atoms with E-state index in [-0.39, 0.29) is 57.0 Å². The maximum absolute atomic E-state index is 11.5. The van der Waals surface area contributed by atoms with Gasteiger partial charge in [-0.3, -0.25) is 9.59 Å². The number of hydrogen-bond acceptors (Lipinski definition) is 9. The van der Waals surface area contributed by atoms with Crippen molar-refractivity contribution in [1.29, 1.82) is 0 Å². The molecular weight excluding hydrogens is 821 g/mol. The predicted molar refractivity (Wildman–Crippen MR) is 265 cm³/mol. The molecule has 0 saturated heterocycles. The first-order valence-electron chi connectivity index (χ1n) is 23.9. The van der Waals surface area contributed by atoms with Gasteiger partial charge in [0, 0.05) is 12.8 Å². The van der Waals surface area contributed by atoms with Crippen LogP contribution in [-0.2, 0) is 27.2 Å². The molecule has 372 valence electrons. The average Bonchev–Trinajstić information content (AvgIpc) is 3.66. The number of carboxylic acid groups (broad SMARTS) is 1. The number of ether oxygens (including phenoxy) is 1. The van der Waals surface area contributed by atoms with Gasteiger partial charge in [-0.05, 0) is 157 Å². The van der Waals surface area contributed by atoms with Crippen molar-refractivity contribution >= 4 is 11.9 Å². The summed E-state index contributed by atoms with van der Waals surface area (Å²) >= 11 is 0. The van der Waals surface area contributed by atoms with Gasteiger partial charge in [0.25, 0.3) is 0 Å². The molecule has 10 atom stereocenters. The van der Waals surface area contributed by atoms with E-state index in [9.17, 15) is 40.2 Å². The normalized spacial score (nSPS) is 23.5. The molecule has 0 amide bonds. The van der Waals surface area contributed by atoms with Gasteiger partial charge in [-0.1, -0.05) is 121 Å². The average molecular weight is 913 g/mol. The van der Waals surface area contributed by atoms with Crippen LogP contribution in [0.15, 0.2) is 85.0 Å². The monoisotopic (exact) mass is 913 g/mol. The maximum Gasteiger partial charge on any atom is 0.306 e. The number of esters is 1. The van der Waals surface area contributed by atoms with Crippen LogP contribution in [0, 0.1) is 29.6 Å². The number of hydrogen-bond donors (Lipinski definition) is 7. The third-order valence-electron chi connectivity index (χ3n) is 12.0. The summed E-state index contributed by atoms with van der Waals surface area (Å²) in [7, 11) is 0. The molecular formula is C55H92O10. The van der Waals surface area contributed by atoms with E-state index >= 15 is 0 Å². The zero-order valence-corrected chi connectivity index (χ0v) is 39.1. The molecule has 2 aromatic carbocycles. The lowest BCUT2D eigenvalue weighted by Crippen LogP contribution is -2.23. The number of aliphatic hydroxyl groups is 6. The molecule has 2 fully saturated rings. The lowest BCUT2D eigenvalue weighted by molar-refractivity contribution is -0.147. The van der Waals surface area contributed by atoms with E-state index in [4.69, 9.17) is 9.84 Å². The predicted octanol–water partition coefficient (Wildman–Crippen LogP) is 10.4. The Morgan fingerprint density at radius 1 is 0.585 bits per heavy atom. The van der Waals surface area contributed by atoms with E-state index in [1.165, 1.54) is 11.1 Å². The van der Waals surface area contributed by atoms with Gasteiger partial charge in [0.2, 0.25) is 0 Å². The maximum atomic E-state index is 11.5. The van der Waals surface area contributed by atoms with Crippen molar-refractivity contribution in [2.75, 3.05) is 0 Å². The zero-order chi connectivity index (χ0) is 46.6. The topological polar surface area (TPSA) is 185 Å². The first-order valence-corrected chi connectivity index (χ1v) is 23.9. The van der Waals surface area contributed by atoms with Gasteiger partial charge in [0.05, 0.1) is 42.7 Å². The van der Waals surface area contributed by atoms with E-state index in [0.717, 1.165) is 31.6 Å². The molecule has 7 N–H and O–H groups in total. The Morgan fingerprint density at radius 2 is 0.954 bits per heavy atom. The van der Waals surface area contributed by atoms with Gasteiger partial charge in [-0.2, -0.15) is 0 Å². The minimum Gasteiger partial charge on any atom is -0.481 e. The van der Waals surface area contributed by atoms with Crippen LogP contribution in [0.2, 0.25) is 0 Å². The Morgan fingerprint density at radius 3 is 1.32 bits per heavy atom. The van der Waals surface area contributed by atoms with Crippen LogP contribution < -0.4 is 0 Å². The highest BCUT2D eigenvalue weighted by molar-refractivity contribution is 5.69. The molecule has 65 heavy (non-hydrogen) atoms. The molecule has 2 saturated carbocycles. The van der Waals surface area contributed by atoms with Crippen molar-refractivity contribution in [3.63, 3.8) is 0 Å². The molecule has 0 aliphatic heterocycles. The number of aliphatic carboxylic acids is 1. The van der Waals surface area contributed by atoms with Crippen LogP contribution in [0.3, 0.4) is 0 Å². The number of carbonyl (C=O) groups is 2. The van der Waals surface area contributed by atoms with Gasteiger partial charge in [-0.15, -0.1) is 0 Å². The Hall–Kier alpha value is -3.38. The quantitative estimate of drug-likeness (QED) is 0.0287. The lowest BCUT2D eigenvalue weighted by atomic mass is 9.85. The highest BCUT2D eigenvalue weighted by atomic mass is 16.5. The van der Waals surface area contributed by atoms with Crippen LogP contribution in [0.25, 0.3) is 0 Å². The molecule has 0 radical (unpaired) electrons. The Labute approximate surface area is 394 Å². The third-order valence-corrected chi connectivity index (χ3v) is 12.0. The van der Waals surface area contributed by atoms with Gasteiger partial charge in [-0.25, -0.2) is 0 Å². The van der Waals surface area contributed by atoms with Crippen molar-refractivity contribution in [3.8, 4) is 0 Å². The van der Waals surface area contributed by atoms with Crippen LogP contribution in [0.5, 0.6) is 0 Å². The van der Waals surface area contributed by atoms with E-state index in [2.05, 4.69) is 51.1 Å². The number of aliphatic hydroxyl groups excluding tert-OH is 6. The second-order valence-corrected chi connectivity index (χ2v) is 18.8. The Bertz CT molecular complexity index is 1530. The van der Waals surface area contributed by atoms with E-state index in [1.807, 2.05) is 68.5 Å². The van der Waals surface area contributed by atoms with Crippen LogP contribution >= 0.6 is 0 Å². The van der Waals surface area contributed by atoms with Crippen molar-refractivity contribution in [2.45, 2.75) is 208 Å². The summed E-state index contributed by atoms with van der Waals surface area (Å²) in [4.78, 5) is 22.1. The summed E-state index contributed by atoms with van der Waals surface area (Å²) in [5, 5.41) is 70.8. The second-order valence-electron chi connectivity index (χ2n) is 18.8. The number of carboxylic acids is 1. The van der Waals surface area contributed by atoms with Crippen molar-refractivity contribution in [2.24, 2.45) is 29.6 Å². The van der Waals surface area contributed by atoms with Crippen molar-refractivity contribution < 1.29 is 50.1 Å². The summed E-state index contributed by atoms with van der Waals surface area (Å²) in [5.74, 6) is -0.111. The molecule has 2 aliphatic carbocycles. The van der Waals surface area contributed by atoms with Crippen LogP contribution in [0.1, 0.15) is 163 Å². The van der Waals surface area contributed by atoms with Gasteiger partial charge in [0.15, 0.2) is 0 Å². The van der Waals surface area contributed by atoms with Gasteiger partial charge >= 0.3 is 11.9 Å². The zero-order valence-electron chi connectivity index (χ0n) is 39.1. The molecule has 4 rings (SSSR count). The molecule has 0 spiro atoms. The fraction of sp³-hybridized carbons (Fsp3) is 0.673. The second kappa shape index (κ2) is 35.8. The number of benzene rings is 2. The fourth-order valence-electron chi connectivity index (χ4n) is 8.63. The summed E-state index contributed by atoms with van der Waals surface area (Å²) in [6.07, 6.45) is 16.5. The number of allylic oxidation sites excluding steroid dienone is 4. The fourth-order valence-corrected chi connectivity index (χ4v) is 8.63. The van der Waals surface area contributed by atoms with Crippen molar-refractivity contribution in [1.82, 2.24) is 0 Å². The SMILES string of the molecule is C.C.CC(C)C.CC(C)OC(=O)CCC/C=C\C[C@@H]1[C@@H](CC[C@@H](O)CCc2ccccc2)[C@H](O)C[C@@H]1O.O=C(O)CCC/C=C\C[C@@H]1[C@@H](CC[C@@H](O)CCc2ccccc2)[C@H](O)C[C@@H]1O. The molecule has 2 aliphatic rings. The first-order chi connectivity index (χ1) is 30.1. The van der Waals surface area contributed by atoms with Crippen molar-refractivity contribution in [3.05, 3.63) is 96.1 Å². The van der Waals surface area contributed by atoms with Crippen LogP contribution in [-0.4, -0.2) is 90.4 Å². The van der Waals surface area contributed by atoms with E-state index in [0.29, 0.717) is 83.5 Å². The Kier molecular flexibility index (Phi) is 33.9. The molecule has 0 heterocycles. The Balaban J connectivity index is 0.00000114. The van der Waals surface area contributed by atoms with Crippen LogP contribution in [0.4, 0.5) is 0 Å². The van der Waals surface area contributed by atoms with Gasteiger partial charge < -0.3 is 40.5 Å². The van der Waals surface area contributed by atoms with Gasteiger partial charge in [0.1, 0.15) is 0 Å². The number of aryl methyl sites for hydroxylation is 2. The largest absolute Gasteiger partial charge is 0.481 e. The summed E-state index contributed by atoms with van der Waals surface area (Å²) in [5.41, 5.74) is 2.43. The molecule has 10 nitrogen and oxygen atoms in total. The molecule has 0 aromatic heterocycles. The minimum absolute atomic E-state index is 0. The van der Waals surface area contributed by atoms with E-state index < -0.39 is 42.6 Å². The summed E-state index contributed by atoms with van der Waals surface area (Å²) < 4.78 is 5.12.